The fourth-order valence-corrected chi connectivity index (χ4v) is 4.26. The Balaban J connectivity index is 1.31. The van der Waals surface area contributed by atoms with Gasteiger partial charge in [0.2, 0.25) is 0 Å². The molecule has 1 aliphatic rings. The lowest BCUT2D eigenvalue weighted by molar-refractivity contribution is -0.139. The fourth-order valence-electron chi connectivity index (χ4n) is 4.26. The number of hydrogen-bond donors (Lipinski definition) is 3. The Labute approximate surface area is 249 Å². The van der Waals surface area contributed by atoms with Crippen LogP contribution in [0, 0.1) is 6.92 Å². The van der Waals surface area contributed by atoms with Gasteiger partial charge in [-0.3, -0.25) is 4.79 Å². The van der Waals surface area contributed by atoms with Gasteiger partial charge in [0.1, 0.15) is 12.4 Å². The Bertz CT molecular complexity index is 1520. The number of nitrogens with zero attached hydrogens (tertiary/aromatic N) is 1. The first-order valence-corrected chi connectivity index (χ1v) is 13.6. The molecule has 224 valence electrons. The highest BCUT2D eigenvalue weighted by molar-refractivity contribution is 5.95. The number of amides is 3. The van der Waals surface area contributed by atoms with Gasteiger partial charge in [-0.05, 0) is 73.9 Å². The molecule has 11 heteroatoms. The Hall–Kier alpha value is -5.32. The number of methoxy groups -OCH3 is 1. The van der Waals surface area contributed by atoms with Crippen molar-refractivity contribution in [2.24, 2.45) is 5.10 Å². The number of carbonyl (C=O) groups excluding carboxylic acids is 3. The molecule has 0 bridgehead atoms. The van der Waals surface area contributed by atoms with Gasteiger partial charge in [0.05, 0.1) is 31.5 Å². The maximum Gasteiger partial charge on any atom is 0.338 e. The molecule has 11 nitrogen and oxygen atoms in total. The second kappa shape index (κ2) is 14.5. The third kappa shape index (κ3) is 8.35. The predicted octanol–water partition coefficient (Wildman–Crippen LogP) is 4.30. The zero-order valence-electron chi connectivity index (χ0n) is 24.4. The van der Waals surface area contributed by atoms with Crippen molar-refractivity contribution < 1.29 is 33.3 Å². The second-order valence-electron chi connectivity index (χ2n) is 9.63. The molecule has 1 heterocycles. The van der Waals surface area contributed by atoms with E-state index in [4.69, 9.17) is 18.9 Å². The van der Waals surface area contributed by atoms with E-state index in [2.05, 4.69) is 21.2 Å². The molecule has 0 saturated heterocycles. The third-order valence-corrected chi connectivity index (χ3v) is 6.45. The number of benzene rings is 3. The number of ether oxygens (including phenoxy) is 4. The summed E-state index contributed by atoms with van der Waals surface area (Å²) in [5, 5.41) is 9.32. The number of esters is 1. The monoisotopic (exact) mass is 586 g/mol. The summed E-state index contributed by atoms with van der Waals surface area (Å²) in [6, 6.07) is 19.2. The number of urea groups is 1. The van der Waals surface area contributed by atoms with Gasteiger partial charge < -0.3 is 29.6 Å². The Morgan fingerprint density at radius 2 is 1.72 bits per heavy atom. The first kappa shape index (κ1) is 30.6. The summed E-state index contributed by atoms with van der Waals surface area (Å²) in [5.74, 6) is 0.309. The highest BCUT2D eigenvalue weighted by atomic mass is 16.5. The lowest BCUT2D eigenvalue weighted by Gasteiger charge is -2.28. The van der Waals surface area contributed by atoms with Gasteiger partial charge in [0, 0.05) is 5.70 Å². The summed E-state index contributed by atoms with van der Waals surface area (Å²) in [6.45, 7) is 5.71. The zero-order chi connectivity index (χ0) is 30.8. The lowest BCUT2D eigenvalue weighted by Crippen LogP contribution is -2.45. The topological polar surface area (TPSA) is 137 Å². The third-order valence-electron chi connectivity index (χ3n) is 6.45. The molecule has 43 heavy (non-hydrogen) atoms. The van der Waals surface area contributed by atoms with E-state index in [-0.39, 0.29) is 18.8 Å². The SMILES string of the molecule is CCOC(=O)C1=C(C)NC(=O)N[C@H]1c1ccc(OCC(=O)N/N=C\c2ccc(OCc3ccc(C)cc3)cc2)c(OC)c1. The van der Waals surface area contributed by atoms with Gasteiger partial charge in [-0.1, -0.05) is 35.9 Å². The van der Waals surface area contributed by atoms with Gasteiger partial charge in [0.25, 0.3) is 5.91 Å². The van der Waals surface area contributed by atoms with Crippen LogP contribution in [0.25, 0.3) is 0 Å². The largest absolute Gasteiger partial charge is 0.493 e. The molecule has 3 aromatic carbocycles. The first-order chi connectivity index (χ1) is 20.8. The van der Waals surface area contributed by atoms with E-state index in [9.17, 15) is 14.4 Å². The minimum Gasteiger partial charge on any atom is -0.493 e. The van der Waals surface area contributed by atoms with Crippen LogP contribution >= 0.6 is 0 Å². The number of aryl methyl sites for hydroxylation is 1. The van der Waals surface area contributed by atoms with E-state index in [1.54, 1.807) is 32.0 Å². The van der Waals surface area contributed by atoms with Crippen LogP contribution in [0.2, 0.25) is 0 Å². The highest BCUT2D eigenvalue weighted by Gasteiger charge is 2.32. The molecular weight excluding hydrogens is 552 g/mol. The molecule has 1 atom stereocenters. The number of hydrogen-bond acceptors (Lipinski definition) is 8. The van der Waals surface area contributed by atoms with Crippen molar-refractivity contribution in [3.63, 3.8) is 0 Å². The molecule has 0 unspecified atom stereocenters. The van der Waals surface area contributed by atoms with Crippen molar-refractivity contribution in [3.8, 4) is 17.2 Å². The summed E-state index contributed by atoms with van der Waals surface area (Å²) in [5.41, 5.74) is 6.73. The van der Waals surface area contributed by atoms with Crippen LogP contribution in [0.1, 0.15) is 42.1 Å². The Kier molecular flexibility index (Phi) is 10.4. The van der Waals surface area contributed by atoms with Crippen molar-refractivity contribution in [1.29, 1.82) is 0 Å². The van der Waals surface area contributed by atoms with Crippen molar-refractivity contribution in [3.05, 3.63) is 100 Å². The number of rotatable bonds is 12. The number of carbonyl (C=O) groups is 3. The quantitative estimate of drug-likeness (QED) is 0.164. The first-order valence-electron chi connectivity index (χ1n) is 13.6. The highest BCUT2D eigenvalue weighted by Crippen LogP contribution is 2.34. The van der Waals surface area contributed by atoms with Gasteiger partial charge in [0.15, 0.2) is 18.1 Å². The van der Waals surface area contributed by atoms with Crippen LogP contribution in [0.3, 0.4) is 0 Å². The van der Waals surface area contributed by atoms with E-state index in [0.717, 1.165) is 16.9 Å². The molecule has 3 N–H and O–H groups in total. The van der Waals surface area contributed by atoms with Crippen LogP contribution in [0.4, 0.5) is 4.79 Å². The van der Waals surface area contributed by atoms with E-state index in [0.29, 0.717) is 29.4 Å². The van der Waals surface area contributed by atoms with Crippen LogP contribution in [-0.4, -0.2) is 44.4 Å². The minimum atomic E-state index is -0.762. The summed E-state index contributed by atoms with van der Waals surface area (Å²) in [4.78, 5) is 37.1. The van der Waals surface area contributed by atoms with Crippen LogP contribution < -0.4 is 30.3 Å². The van der Waals surface area contributed by atoms with Crippen LogP contribution in [0.5, 0.6) is 17.2 Å². The zero-order valence-corrected chi connectivity index (χ0v) is 24.4. The lowest BCUT2D eigenvalue weighted by atomic mass is 9.95. The molecule has 0 fully saturated rings. The average molecular weight is 587 g/mol. The molecule has 3 aromatic rings. The summed E-state index contributed by atoms with van der Waals surface area (Å²) in [7, 11) is 1.45. The van der Waals surface area contributed by atoms with Gasteiger partial charge in [-0.25, -0.2) is 15.0 Å². The van der Waals surface area contributed by atoms with Crippen molar-refractivity contribution in [2.45, 2.75) is 33.4 Å². The maximum absolute atomic E-state index is 12.6. The van der Waals surface area contributed by atoms with E-state index in [1.165, 1.54) is 18.9 Å². The Morgan fingerprint density at radius 1 is 0.977 bits per heavy atom. The molecule has 0 spiro atoms. The molecular formula is C32H34N4O7. The fraction of sp³-hybridized carbons (Fsp3) is 0.250. The van der Waals surface area contributed by atoms with Gasteiger partial charge >= 0.3 is 12.0 Å². The molecule has 1 aliphatic heterocycles. The smallest absolute Gasteiger partial charge is 0.338 e. The molecule has 4 rings (SSSR count). The molecule has 0 aliphatic carbocycles. The second-order valence-corrected chi connectivity index (χ2v) is 9.63. The van der Waals surface area contributed by atoms with E-state index in [1.807, 2.05) is 55.5 Å². The van der Waals surface area contributed by atoms with Crippen LogP contribution in [0.15, 0.2) is 83.1 Å². The molecule has 3 amide bonds. The predicted molar refractivity (Wildman–Crippen MR) is 160 cm³/mol. The van der Waals surface area contributed by atoms with Crippen molar-refractivity contribution >= 4 is 24.1 Å². The minimum absolute atomic E-state index is 0.189. The average Bonchev–Trinajstić information content (AvgIpc) is 3.00. The number of allylic oxidation sites excluding steroid dienone is 1. The molecule has 0 saturated carbocycles. The maximum atomic E-state index is 12.6. The summed E-state index contributed by atoms with van der Waals surface area (Å²) >= 11 is 0. The summed E-state index contributed by atoms with van der Waals surface area (Å²) in [6.07, 6.45) is 1.51. The van der Waals surface area contributed by atoms with Gasteiger partial charge in [-0.2, -0.15) is 5.10 Å². The number of hydrazone groups is 1. The van der Waals surface area contributed by atoms with E-state index < -0.39 is 23.9 Å². The van der Waals surface area contributed by atoms with Crippen LogP contribution in [-0.2, 0) is 20.9 Å². The molecule has 0 aromatic heterocycles. The van der Waals surface area contributed by atoms with Crippen molar-refractivity contribution in [2.75, 3.05) is 20.3 Å². The van der Waals surface area contributed by atoms with E-state index >= 15 is 0 Å². The molecule has 0 radical (unpaired) electrons. The van der Waals surface area contributed by atoms with Gasteiger partial charge in [-0.15, -0.1) is 0 Å². The normalized spacial score (nSPS) is 14.5. The number of nitrogens with one attached hydrogen (secondary N) is 3. The van der Waals surface area contributed by atoms with Crippen molar-refractivity contribution in [1.82, 2.24) is 16.1 Å². The summed E-state index contributed by atoms with van der Waals surface area (Å²) < 4.78 is 22.1. The standard InChI is InChI=1S/C32H34N4O7/c1-5-41-31(38)29-21(3)34-32(39)35-30(29)24-12-15-26(27(16-24)40-4)43-19-28(37)36-33-17-22-10-13-25(14-11-22)42-18-23-8-6-20(2)7-9-23/h6-17,30H,5,18-19H2,1-4H3,(H,36,37)(H2,34,35,39)/b33-17-/t30-/m0/s1. The Morgan fingerprint density at radius 3 is 2.42 bits per heavy atom.